The minimum absolute atomic E-state index is 0.202. The van der Waals surface area contributed by atoms with Crippen LogP contribution in [0.2, 0.25) is 0 Å². The third-order valence-electron chi connectivity index (χ3n) is 2.04. The molecule has 72 valence electrons. The Labute approximate surface area is 77.5 Å². The van der Waals surface area contributed by atoms with Gasteiger partial charge in [-0.15, -0.1) is 0 Å². The minimum atomic E-state index is -0.218. The first kappa shape index (κ1) is 9.99. The largest absolute Gasteiger partial charge is 0.411 e. The summed E-state index contributed by atoms with van der Waals surface area (Å²) in [6.45, 7) is 5.61. The lowest BCUT2D eigenvalue weighted by Crippen LogP contribution is -2.06. The number of benzene rings is 1. The summed E-state index contributed by atoms with van der Waals surface area (Å²) >= 11 is 0. The van der Waals surface area contributed by atoms with Crippen molar-refractivity contribution in [2.24, 2.45) is 5.90 Å². The quantitative estimate of drug-likeness (QED) is 0.715. The zero-order valence-corrected chi connectivity index (χ0v) is 8.10. The van der Waals surface area contributed by atoms with Gasteiger partial charge in [-0.1, -0.05) is 13.8 Å². The molecule has 2 N–H and O–H groups in total. The van der Waals surface area contributed by atoms with Crippen LogP contribution in [0, 0.1) is 12.7 Å². The fourth-order valence-electron chi connectivity index (χ4n) is 1.22. The van der Waals surface area contributed by atoms with Crippen LogP contribution < -0.4 is 10.7 Å². The lowest BCUT2D eigenvalue weighted by Gasteiger charge is -2.11. The smallest absolute Gasteiger partial charge is 0.150 e. The Morgan fingerprint density at radius 2 is 2.00 bits per heavy atom. The van der Waals surface area contributed by atoms with Gasteiger partial charge in [-0.25, -0.2) is 4.39 Å². The molecule has 0 aromatic heterocycles. The molecule has 0 saturated carbocycles. The summed E-state index contributed by atoms with van der Waals surface area (Å²) in [5.74, 6) is 5.62. The van der Waals surface area contributed by atoms with Gasteiger partial charge in [0, 0.05) is 5.56 Å². The molecule has 0 aliphatic rings. The molecule has 2 nitrogen and oxygen atoms in total. The van der Waals surface area contributed by atoms with E-state index in [1.54, 1.807) is 13.0 Å². The summed E-state index contributed by atoms with van der Waals surface area (Å²) in [6.07, 6.45) is 0. The zero-order valence-electron chi connectivity index (χ0n) is 8.10. The van der Waals surface area contributed by atoms with Gasteiger partial charge in [0.2, 0.25) is 0 Å². The van der Waals surface area contributed by atoms with Crippen molar-refractivity contribution in [2.75, 3.05) is 0 Å². The van der Waals surface area contributed by atoms with Gasteiger partial charge in [-0.2, -0.15) is 5.90 Å². The average Bonchev–Trinajstić information content (AvgIpc) is 2.08. The van der Waals surface area contributed by atoms with Crippen LogP contribution in [0.4, 0.5) is 4.39 Å². The van der Waals surface area contributed by atoms with Gasteiger partial charge in [0.1, 0.15) is 5.82 Å². The number of hydrogen-bond acceptors (Lipinski definition) is 2. The molecule has 0 spiro atoms. The van der Waals surface area contributed by atoms with Crippen LogP contribution in [0.1, 0.15) is 30.9 Å². The van der Waals surface area contributed by atoms with Crippen LogP contribution in [0.25, 0.3) is 0 Å². The fourth-order valence-corrected chi connectivity index (χ4v) is 1.22. The minimum Gasteiger partial charge on any atom is -0.411 e. The van der Waals surface area contributed by atoms with Crippen LogP contribution in [-0.2, 0) is 0 Å². The Kier molecular flexibility index (Phi) is 2.88. The highest BCUT2D eigenvalue weighted by Crippen LogP contribution is 2.28. The van der Waals surface area contributed by atoms with Gasteiger partial charge in [0.05, 0.1) is 0 Å². The molecule has 0 radical (unpaired) electrons. The maximum absolute atomic E-state index is 13.2. The van der Waals surface area contributed by atoms with Crippen molar-refractivity contribution < 1.29 is 9.23 Å². The zero-order chi connectivity index (χ0) is 10.0. The molecule has 0 fully saturated rings. The first-order chi connectivity index (χ1) is 6.06. The van der Waals surface area contributed by atoms with Gasteiger partial charge >= 0.3 is 0 Å². The maximum atomic E-state index is 13.2. The van der Waals surface area contributed by atoms with Crippen molar-refractivity contribution in [1.29, 1.82) is 0 Å². The number of aryl methyl sites for hydroxylation is 1. The van der Waals surface area contributed by atoms with E-state index < -0.39 is 0 Å². The third kappa shape index (κ3) is 1.98. The first-order valence-corrected chi connectivity index (χ1v) is 4.23. The summed E-state index contributed by atoms with van der Waals surface area (Å²) in [5.41, 5.74) is 1.34. The van der Waals surface area contributed by atoms with E-state index >= 15 is 0 Å². The molecule has 1 rings (SSSR count). The Balaban J connectivity index is 3.25. The monoisotopic (exact) mass is 183 g/mol. The number of nitrogens with two attached hydrogens (primary N) is 1. The second-order valence-corrected chi connectivity index (χ2v) is 3.41. The van der Waals surface area contributed by atoms with E-state index in [9.17, 15) is 4.39 Å². The molecule has 0 amide bonds. The normalized spacial score (nSPS) is 10.6. The van der Waals surface area contributed by atoms with Crippen LogP contribution >= 0.6 is 0 Å². The molecule has 0 aliphatic heterocycles. The fraction of sp³-hybridized carbons (Fsp3) is 0.400. The van der Waals surface area contributed by atoms with Gasteiger partial charge in [0.25, 0.3) is 0 Å². The molecular weight excluding hydrogens is 169 g/mol. The van der Waals surface area contributed by atoms with Crippen molar-refractivity contribution >= 4 is 0 Å². The predicted molar refractivity (Wildman–Crippen MR) is 50.0 cm³/mol. The van der Waals surface area contributed by atoms with Gasteiger partial charge in [-0.3, -0.25) is 0 Å². The number of rotatable bonds is 2. The van der Waals surface area contributed by atoms with Crippen LogP contribution in [0.3, 0.4) is 0 Å². The summed E-state index contributed by atoms with van der Waals surface area (Å²) in [6, 6.07) is 3.09. The highest BCUT2D eigenvalue weighted by atomic mass is 19.1. The second kappa shape index (κ2) is 3.75. The van der Waals surface area contributed by atoms with Crippen molar-refractivity contribution in [2.45, 2.75) is 26.7 Å². The van der Waals surface area contributed by atoms with Gasteiger partial charge < -0.3 is 4.84 Å². The molecule has 0 atom stereocenters. The topological polar surface area (TPSA) is 35.2 Å². The average molecular weight is 183 g/mol. The van der Waals surface area contributed by atoms with Crippen molar-refractivity contribution in [3.63, 3.8) is 0 Å². The van der Waals surface area contributed by atoms with E-state index in [1.807, 2.05) is 13.8 Å². The number of halogens is 1. The molecule has 0 saturated heterocycles. The van der Waals surface area contributed by atoms with Crippen LogP contribution in [0.15, 0.2) is 12.1 Å². The lowest BCUT2D eigenvalue weighted by molar-refractivity contribution is 0.328. The van der Waals surface area contributed by atoms with E-state index in [2.05, 4.69) is 4.84 Å². The molecule has 3 heteroatoms. The second-order valence-electron chi connectivity index (χ2n) is 3.41. The Morgan fingerprint density at radius 1 is 1.38 bits per heavy atom. The van der Waals surface area contributed by atoms with E-state index in [1.165, 1.54) is 6.07 Å². The standard InChI is InChI=1S/C10H14FNO/c1-6(2)8-5-9(11)7(3)4-10(8)13-12/h4-6H,12H2,1-3H3. The van der Waals surface area contributed by atoms with E-state index in [0.717, 1.165) is 5.56 Å². The molecule has 0 aliphatic carbocycles. The highest BCUT2D eigenvalue weighted by molar-refractivity contribution is 5.39. The summed E-state index contributed by atoms with van der Waals surface area (Å²) < 4.78 is 13.2. The number of hydrogen-bond donors (Lipinski definition) is 1. The van der Waals surface area contributed by atoms with E-state index in [0.29, 0.717) is 11.3 Å². The molecule has 1 aromatic carbocycles. The predicted octanol–water partition coefficient (Wildman–Crippen LogP) is 2.51. The van der Waals surface area contributed by atoms with Crippen molar-refractivity contribution in [3.8, 4) is 5.75 Å². The van der Waals surface area contributed by atoms with Gasteiger partial charge in [0.15, 0.2) is 5.75 Å². The SMILES string of the molecule is Cc1cc(ON)c(C(C)C)cc1F. The molecular formula is C10H14FNO. The molecule has 0 heterocycles. The Bertz CT molecular complexity index is 310. The van der Waals surface area contributed by atoms with Crippen molar-refractivity contribution in [3.05, 3.63) is 29.1 Å². The summed E-state index contributed by atoms with van der Waals surface area (Å²) in [4.78, 5) is 4.68. The molecule has 13 heavy (non-hydrogen) atoms. The highest BCUT2D eigenvalue weighted by Gasteiger charge is 2.10. The lowest BCUT2D eigenvalue weighted by atomic mass is 10.0. The Morgan fingerprint density at radius 3 is 2.46 bits per heavy atom. The van der Waals surface area contributed by atoms with Crippen LogP contribution in [0.5, 0.6) is 5.75 Å². The molecule has 0 unspecified atom stereocenters. The molecule has 0 bridgehead atoms. The van der Waals surface area contributed by atoms with E-state index in [-0.39, 0.29) is 11.7 Å². The van der Waals surface area contributed by atoms with Gasteiger partial charge in [-0.05, 0) is 30.5 Å². The van der Waals surface area contributed by atoms with Crippen LogP contribution in [-0.4, -0.2) is 0 Å². The summed E-state index contributed by atoms with van der Waals surface area (Å²) in [5, 5.41) is 0. The Hall–Kier alpha value is -1.09. The van der Waals surface area contributed by atoms with E-state index in [4.69, 9.17) is 5.90 Å². The maximum Gasteiger partial charge on any atom is 0.150 e. The van der Waals surface area contributed by atoms with Crippen molar-refractivity contribution in [1.82, 2.24) is 0 Å². The molecule has 1 aromatic rings. The summed E-state index contributed by atoms with van der Waals surface area (Å²) in [7, 11) is 0. The third-order valence-corrected chi connectivity index (χ3v) is 2.04. The first-order valence-electron chi connectivity index (χ1n) is 4.23.